The molecular weight excluding hydrogens is 200 g/mol. The second-order valence-electron chi connectivity index (χ2n) is 4.90. The highest BCUT2D eigenvalue weighted by molar-refractivity contribution is 5.91. The molecule has 1 unspecified atom stereocenters. The zero-order valence-electron chi connectivity index (χ0n) is 9.77. The first-order valence-electron chi connectivity index (χ1n) is 5.59. The molecule has 1 fully saturated rings. The molecule has 4 heteroatoms. The van der Waals surface area contributed by atoms with E-state index >= 15 is 0 Å². The number of aliphatic imine (C=N–C) groups is 1. The molecule has 1 atom stereocenters. The van der Waals surface area contributed by atoms with Crippen molar-refractivity contribution in [3.63, 3.8) is 0 Å². The van der Waals surface area contributed by atoms with Crippen molar-refractivity contribution in [1.82, 2.24) is 4.98 Å². The molecule has 0 saturated heterocycles. The fraction of sp³-hybridized carbons (Fsp3) is 0.500. The average molecular weight is 218 g/mol. The maximum absolute atomic E-state index is 5.84. The molecule has 1 aromatic heterocycles. The fourth-order valence-electron chi connectivity index (χ4n) is 1.86. The first kappa shape index (κ1) is 10.9. The lowest BCUT2D eigenvalue weighted by Crippen LogP contribution is -2.40. The Bertz CT molecular complexity index is 383. The van der Waals surface area contributed by atoms with Gasteiger partial charge in [0.05, 0.1) is 6.04 Å². The van der Waals surface area contributed by atoms with E-state index in [2.05, 4.69) is 29.1 Å². The van der Waals surface area contributed by atoms with Gasteiger partial charge in [-0.15, -0.1) is 0 Å². The van der Waals surface area contributed by atoms with Crippen LogP contribution in [0.25, 0.3) is 0 Å². The Labute approximate surface area is 96.0 Å². The third-order valence-electron chi connectivity index (χ3n) is 3.18. The minimum absolute atomic E-state index is 0.288. The summed E-state index contributed by atoms with van der Waals surface area (Å²) < 4.78 is 0. The van der Waals surface area contributed by atoms with Crippen LogP contribution in [0, 0.1) is 5.41 Å². The van der Waals surface area contributed by atoms with Crippen molar-refractivity contribution >= 4 is 11.8 Å². The van der Waals surface area contributed by atoms with Crippen LogP contribution in [-0.4, -0.2) is 17.0 Å². The molecule has 1 saturated carbocycles. The molecule has 2 rings (SSSR count). The molecule has 16 heavy (non-hydrogen) atoms. The zero-order valence-corrected chi connectivity index (χ0v) is 9.77. The number of hydrogen-bond acceptors (Lipinski definition) is 2. The number of hydrogen-bond donors (Lipinski definition) is 2. The van der Waals surface area contributed by atoms with Gasteiger partial charge in [-0.25, -0.2) is 9.98 Å². The predicted molar refractivity (Wildman–Crippen MR) is 66.3 cm³/mol. The van der Waals surface area contributed by atoms with E-state index in [-0.39, 0.29) is 5.41 Å². The van der Waals surface area contributed by atoms with E-state index < -0.39 is 0 Å². The highest BCUT2D eigenvalue weighted by atomic mass is 15.1. The molecule has 1 aliphatic rings. The van der Waals surface area contributed by atoms with E-state index in [1.54, 1.807) is 6.20 Å². The van der Waals surface area contributed by atoms with Gasteiger partial charge in [0.1, 0.15) is 5.82 Å². The third-order valence-corrected chi connectivity index (χ3v) is 3.18. The van der Waals surface area contributed by atoms with Gasteiger partial charge in [-0.1, -0.05) is 19.9 Å². The van der Waals surface area contributed by atoms with Crippen LogP contribution >= 0.6 is 0 Å². The second-order valence-corrected chi connectivity index (χ2v) is 4.90. The summed E-state index contributed by atoms with van der Waals surface area (Å²) in [4.78, 5) is 8.61. The standard InChI is InChI=1S/C12H18N4/c1-12(2)7-6-9(12)15-11(13)16-10-5-3-4-8-14-10/h3-5,8-9H,6-7H2,1-2H3,(H3,13,14,15,16). The minimum atomic E-state index is 0.288. The number of aromatic nitrogens is 1. The quantitative estimate of drug-likeness (QED) is 0.589. The van der Waals surface area contributed by atoms with Crippen LogP contribution in [0.4, 0.5) is 5.82 Å². The molecule has 0 bridgehead atoms. The second kappa shape index (κ2) is 4.12. The van der Waals surface area contributed by atoms with Gasteiger partial charge >= 0.3 is 0 Å². The molecule has 0 aliphatic heterocycles. The van der Waals surface area contributed by atoms with E-state index in [4.69, 9.17) is 5.73 Å². The molecule has 4 nitrogen and oxygen atoms in total. The topological polar surface area (TPSA) is 63.3 Å². The first-order chi connectivity index (χ1) is 7.58. The molecule has 0 radical (unpaired) electrons. The van der Waals surface area contributed by atoms with Crippen molar-refractivity contribution in [1.29, 1.82) is 0 Å². The summed E-state index contributed by atoms with van der Waals surface area (Å²) in [6.45, 7) is 4.44. The summed E-state index contributed by atoms with van der Waals surface area (Å²) in [6.07, 6.45) is 4.07. The van der Waals surface area contributed by atoms with Crippen LogP contribution in [0.1, 0.15) is 26.7 Å². The number of guanidine groups is 1. The number of anilines is 1. The molecule has 3 N–H and O–H groups in total. The maximum atomic E-state index is 5.84. The molecule has 1 aliphatic carbocycles. The number of rotatable bonds is 2. The highest BCUT2D eigenvalue weighted by Gasteiger charge is 2.38. The fourth-order valence-corrected chi connectivity index (χ4v) is 1.86. The lowest BCUT2D eigenvalue weighted by molar-refractivity contribution is 0.145. The Morgan fingerprint density at radius 3 is 2.88 bits per heavy atom. The van der Waals surface area contributed by atoms with Crippen LogP contribution in [0.5, 0.6) is 0 Å². The summed E-state index contributed by atoms with van der Waals surface area (Å²) in [5.74, 6) is 1.19. The molecule has 0 amide bonds. The van der Waals surface area contributed by atoms with Gasteiger partial charge in [0.2, 0.25) is 0 Å². The predicted octanol–water partition coefficient (Wildman–Crippen LogP) is 2.00. The smallest absolute Gasteiger partial charge is 0.194 e. The minimum Gasteiger partial charge on any atom is -0.370 e. The Hall–Kier alpha value is -1.58. The Morgan fingerprint density at radius 1 is 1.56 bits per heavy atom. The largest absolute Gasteiger partial charge is 0.370 e. The van der Waals surface area contributed by atoms with Gasteiger partial charge in [-0.3, -0.25) is 0 Å². The Balaban J connectivity index is 1.98. The summed E-state index contributed by atoms with van der Waals surface area (Å²) in [7, 11) is 0. The maximum Gasteiger partial charge on any atom is 0.194 e. The van der Waals surface area contributed by atoms with E-state index in [0.29, 0.717) is 12.0 Å². The number of nitrogens with two attached hydrogens (primary N) is 1. The zero-order chi connectivity index (χ0) is 11.6. The van der Waals surface area contributed by atoms with E-state index in [9.17, 15) is 0 Å². The first-order valence-corrected chi connectivity index (χ1v) is 5.59. The summed E-state index contributed by atoms with van der Waals surface area (Å²) in [5.41, 5.74) is 6.12. The average Bonchev–Trinajstić information content (AvgIpc) is 2.26. The van der Waals surface area contributed by atoms with Gasteiger partial charge in [-0.2, -0.15) is 0 Å². The summed E-state index contributed by atoms with van der Waals surface area (Å²) in [5, 5.41) is 3.00. The van der Waals surface area contributed by atoms with Crippen LogP contribution in [0.3, 0.4) is 0 Å². The van der Waals surface area contributed by atoms with Crippen LogP contribution in [0.15, 0.2) is 29.4 Å². The van der Waals surface area contributed by atoms with E-state index in [1.807, 2.05) is 18.2 Å². The van der Waals surface area contributed by atoms with Crippen LogP contribution < -0.4 is 11.1 Å². The van der Waals surface area contributed by atoms with Crippen molar-refractivity contribution in [3.8, 4) is 0 Å². The Morgan fingerprint density at radius 2 is 2.38 bits per heavy atom. The van der Waals surface area contributed by atoms with Gasteiger partial charge in [0, 0.05) is 6.20 Å². The van der Waals surface area contributed by atoms with E-state index in [0.717, 1.165) is 12.2 Å². The number of nitrogens with one attached hydrogen (secondary N) is 1. The van der Waals surface area contributed by atoms with E-state index in [1.165, 1.54) is 6.42 Å². The number of pyridine rings is 1. The van der Waals surface area contributed by atoms with Crippen LogP contribution in [0.2, 0.25) is 0 Å². The highest BCUT2D eigenvalue weighted by Crippen LogP contribution is 2.42. The number of nitrogens with zero attached hydrogens (tertiary/aromatic N) is 2. The molecule has 0 spiro atoms. The van der Waals surface area contributed by atoms with Crippen molar-refractivity contribution in [2.24, 2.45) is 16.1 Å². The lowest BCUT2D eigenvalue weighted by Gasteiger charge is -2.41. The normalized spacial score (nSPS) is 23.6. The van der Waals surface area contributed by atoms with Crippen molar-refractivity contribution in [3.05, 3.63) is 24.4 Å². The lowest BCUT2D eigenvalue weighted by atomic mass is 9.68. The van der Waals surface area contributed by atoms with Crippen molar-refractivity contribution < 1.29 is 0 Å². The third kappa shape index (κ3) is 2.32. The molecule has 1 aromatic rings. The van der Waals surface area contributed by atoms with Gasteiger partial charge in [0.25, 0.3) is 0 Å². The summed E-state index contributed by atoms with van der Waals surface area (Å²) in [6, 6.07) is 5.99. The van der Waals surface area contributed by atoms with Crippen LogP contribution in [-0.2, 0) is 0 Å². The summed E-state index contributed by atoms with van der Waals surface area (Å²) >= 11 is 0. The van der Waals surface area contributed by atoms with Gasteiger partial charge < -0.3 is 11.1 Å². The molecular formula is C12H18N4. The molecule has 0 aromatic carbocycles. The SMILES string of the molecule is CC1(C)CCC1N=C(N)Nc1ccccn1. The van der Waals surface area contributed by atoms with Crippen molar-refractivity contribution in [2.45, 2.75) is 32.7 Å². The van der Waals surface area contributed by atoms with Crippen molar-refractivity contribution in [2.75, 3.05) is 5.32 Å². The van der Waals surface area contributed by atoms with Gasteiger partial charge in [0.15, 0.2) is 5.96 Å². The monoisotopic (exact) mass is 218 g/mol. The molecule has 1 heterocycles. The molecule has 86 valence electrons. The Kier molecular flexibility index (Phi) is 2.81. The van der Waals surface area contributed by atoms with Gasteiger partial charge in [-0.05, 0) is 30.4 Å².